The van der Waals surface area contributed by atoms with Crippen LogP contribution in [0, 0.1) is 0 Å². The molecule has 0 aromatic heterocycles. The molecule has 0 bridgehead atoms. The summed E-state index contributed by atoms with van der Waals surface area (Å²) in [7, 11) is 0. The standard InChI is InChI=1S/C6H11N3O4/c7-8-5(12)6(13)9-1-3(10)4(11)2-9/h3-4,10-11H,1-2,7H2,(H,8,12). The molecular weight excluding hydrogens is 178 g/mol. The van der Waals surface area contributed by atoms with Gasteiger partial charge in [-0.05, 0) is 0 Å². The van der Waals surface area contributed by atoms with Crippen molar-refractivity contribution in [2.75, 3.05) is 13.1 Å². The maximum Gasteiger partial charge on any atom is 0.323 e. The van der Waals surface area contributed by atoms with Gasteiger partial charge in [0.15, 0.2) is 0 Å². The van der Waals surface area contributed by atoms with Crippen molar-refractivity contribution in [1.29, 1.82) is 0 Å². The summed E-state index contributed by atoms with van der Waals surface area (Å²) in [5.74, 6) is 2.93. The third-order valence-electron chi connectivity index (χ3n) is 1.87. The second-order valence-electron chi connectivity index (χ2n) is 2.82. The summed E-state index contributed by atoms with van der Waals surface area (Å²) in [5, 5.41) is 18.1. The van der Waals surface area contributed by atoms with E-state index in [1.807, 2.05) is 0 Å². The van der Waals surface area contributed by atoms with Crippen molar-refractivity contribution >= 4 is 11.8 Å². The van der Waals surface area contributed by atoms with Gasteiger partial charge in [0.1, 0.15) is 0 Å². The minimum absolute atomic E-state index is 0.0482. The molecule has 2 amide bonds. The largest absolute Gasteiger partial charge is 0.388 e. The molecule has 7 heteroatoms. The van der Waals surface area contributed by atoms with Gasteiger partial charge in [0.25, 0.3) is 0 Å². The predicted octanol–water partition coefficient (Wildman–Crippen LogP) is -3.46. The third-order valence-corrected chi connectivity index (χ3v) is 1.87. The number of hydrogen-bond donors (Lipinski definition) is 4. The first kappa shape index (κ1) is 9.90. The Morgan fingerprint density at radius 3 is 2.15 bits per heavy atom. The summed E-state index contributed by atoms with van der Waals surface area (Å²) in [6.45, 7) is -0.0964. The van der Waals surface area contributed by atoms with Crippen molar-refractivity contribution in [2.45, 2.75) is 12.2 Å². The molecule has 1 fully saturated rings. The summed E-state index contributed by atoms with van der Waals surface area (Å²) < 4.78 is 0. The number of amides is 2. The maximum absolute atomic E-state index is 11.1. The SMILES string of the molecule is NNC(=O)C(=O)N1CC(O)C(O)C1. The Morgan fingerprint density at radius 2 is 1.77 bits per heavy atom. The minimum atomic E-state index is -0.991. The lowest BCUT2D eigenvalue weighted by Crippen LogP contribution is -2.45. The number of likely N-dealkylation sites (tertiary alicyclic amines) is 1. The number of rotatable bonds is 0. The number of hydrogen-bond acceptors (Lipinski definition) is 5. The van der Waals surface area contributed by atoms with Gasteiger partial charge in [-0.15, -0.1) is 0 Å². The van der Waals surface area contributed by atoms with Crippen molar-refractivity contribution < 1.29 is 19.8 Å². The normalized spacial score (nSPS) is 27.5. The second kappa shape index (κ2) is 3.69. The minimum Gasteiger partial charge on any atom is -0.388 e. The van der Waals surface area contributed by atoms with E-state index in [-0.39, 0.29) is 13.1 Å². The van der Waals surface area contributed by atoms with E-state index in [9.17, 15) is 9.59 Å². The average molecular weight is 189 g/mol. The van der Waals surface area contributed by atoms with Crippen LogP contribution < -0.4 is 11.3 Å². The number of hydrazine groups is 1. The molecule has 1 saturated heterocycles. The molecule has 1 aliphatic rings. The van der Waals surface area contributed by atoms with Crippen LogP contribution in [0.2, 0.25) is 0 Å². The fourth-order valence-electron chi connectivity index (χ4n) is 1.14. The van der Waals surface area contributed by atoms with Crippen LogP contribution >= 0.6 is 0 Å². The molecule has 0 saturated carbocycles. The zero-order valence-corrected chi connectivity index (χ0v) is 6.80. The van der Waals surface area contributed by atoms with Crippen molar-refractivity contribution in [2.24, 2.45) is 5.84 Å². The van der Waals surface area contributed by atoms with Gasteiger partial charge in [-0.2, -0.15) is 0 Å². The van der Waals surface area contributed by atoms with Gasteiger partial charge < -0.3 is 15.1 Å². The van der Waals surface area contributed by atoms with E-state index in [0.29, 0.717) is 0 Å². The van der Waals surface area contributed by atoms with E-state index in [1.165, 1.54) is 0 Å². The Hall–Kier alpha value is -1.18. The molecule has 2 atom stereocenters. The highest BCUT2D eigenvalue weighted by atomic mass is 16.3. The molecule has 1 heterocycles. The van der Waals surface area contributed by atoms with Crippen LogP contribution in [-0.4, -0.2) is 52.2 Å². The van der Waals surface area contributed by atoms with E-state index in [0.717, 1.165) is 4.90 Å². The van der Waals surface area contributed by atoms with Crippen molar-refractivity contribution in [3.63, 3.8) is 0 Å². The lowest BCUT2D eigenvalue weighted by molar-refractivity contribution is -0.145. The Balaban J connectivity index is 2.56. The highest BCUT2D eigenvalue weighted by Gasteiger charge is 2.34. The number of nitrogens with one attached hydrogen (secondary N) is 1. The van der Waals surface area contributed by atoms with Gasteiger partial charge in [0, 0.05) is 13.1 Å². The molecule has 0 spiro atoms. The number of carbonyl (C=O) groups excluding carboxylic acids is 2. The van der Waals surface area contributed by atoms with Gasteiger partial charge in [0.2, 0.25) is 0 Å². The number of β-amino-alcohol motifs (C(OH)–C–C–N with tert-alkyl or cyclic N) is 2. The summed E-state index contributed by atoms with van der Waals surface area (Å²) in [6, 6.07) is 0. The van der Waals surface area contributed by atoms with Crippen LogP contribution in [0.1, 0.15) is 0 Å². The molecule has 1 aliphatic heterocycles. The van der Waals surface area contributed by atoms with Crippen LogP contribution in [-0.2, 0) is 9.59 Å². The van der Waals surface area contributed by atoms with Gasteiger partial charge in [-0.3, -0.25) is 15.0 Å². The molecule has 74 valence electrons. The molecule has 7 nitrogen and oxygen atoms in total. The lowest BCUT2D eigenvalue weighted by atomic mass is 10.3. The van der Waals surface area contributed by atoms with Gasteiger partial charge >= 0.3 is 11.8 Å². The predicted molar refractivity (Wildman–Crippen MR) is 40.9 cm³/mol. The molecule has 5 N–H and O–H groups in total. The van der Waals surface area contributed by atoms with Gasteiger partial charge in [0.05, 0.1) is 12.2 Å². The van der Waals surface area contributed by atoms with E-state index in [2.05, 4.69) is 0 Å². The number of aliphatic hydroxyl groups excluding tert-OH is 2. The molecule has 0 aromatic rings. The van der Waals surface area contributed by atoms with Crippen molar-refractivity contribution in [3.05, 3.63) is 0 Å². The topological polar surface area (TPSA) is 116 Å². The van der Waals surface area contributed by atoms with E-state index < -0.39 is 24.0 Å². The molecule has 1 rings (SSSR count). The molecule has 0 aromatic carbocycles. The monoisotopic (exact) mass is 189 g/mol. The number of carbonyl (C=O) groups is 2. The molecule has 0 radical (unpaired) electrons. The van der Waals surface area contributed by atoms with Crippen LogP contribution in [0.15, 0.2) is 0 Å². The highest BCUT2D eigenvalue weighted by molar-refractivity contribution is 6.34. The first-order chi connectivity index (χ1) is 6.06. The Morgan fingerprint density at radius 1 is 1.31 bits per heavy atom. The molecule has 0 aliphatic carbocycles. The van der Waals surface area contributed by atoms with Crippen molar-refractivity contribution in [1.82, 2.24) is 10.3 Å². The lowest BCUT2D eigenvalue weighted by Gasteiger charge is -2.12. The van der Waals surface area contributed by atoms with E-state index >= 15 is 0 Å². The third kappa shape index (κ3) is 1.94. The Labute approximate surface area is 74.1 Å². The molecular formula is C6H11N3O4. The van der Waals surface area contributed by atoms with Gasteiger partial charge in [-0.25, -0.2) is 5.84 Å². The second-order valence-corrected chi connectivity index (χ2v) is 2.82. The summed E-state index contributed by atoms with van der Waals surface area (Å²) in [4.78, 5) is 22.8. The quantitative estimate of drug-likeness (QED) is 0.137. The fraction of sp³-hybridized carbons (Fsp3) is 0.667. The summed E-state index contributed by atoms with van der Waals surface area (Å²) in [6.07, 6.45) is -1.98. The first-order valence-electron chi connectivity index (χ1n) is 3.72. The van der Waals surface area contributed by atoms with E-state index in [1.54, 1.807) is 5.43 Å². The zero-order chi connectivity index (χ0) is 10.0. The van der Waals surface area contributed by atoms with E-state index in [4.69, 9.17) is 16.1 Å². The van der Waals surface area contributed by atoms with Crippen LogP contribution in [0.5, 0.6) is 0 Å². The maximum atomic E-state index is 11.1. The average Bonchev–Trinajstić information content (AvgIpc) is 2.44. The Kier molecular flexibility index (Phi) is 2.81. The highest BCUT2D eigenvalue weighted by Crippen LogP contribution is 2.09. The number of aliphatic hydroxyl groups is 2. The van der Waals surface area contributed by atoms with Crippen LogP contribution in [0.3, 0.4) is 0 Å². The first-order valence-corrected chi connectivity index (χ1v) is 3.72. The molecule has 2 unspecified atom stereocenters. The van der Waals surface area contributed by atoms with Gasteiger partial charge in [-0.1, -0.05) is 0 Å². The number of nitrogens with two attached hydrogens (primary N) is 1. The summed E-state index contributed by atoms with van der Waals surface area (Å²) in [5.41, 5.74) is 1.68. The molecule has 13 heavy (non-hydrogen) atoms. The fourth-order valence-corrected chi connectivity index (χ4v) is 1.14. The van der Waals surface area contributed by atoms with Crippen LogP contribution in [0.25, 0.3) is 0 Å². The van der Waals surface area contributed by atoms with Crippen molar-refractivity contribution in [3.8, 4) is 0 Å². The Bertz CT molecular complexity index is 222. The van der Waals surface area contributed by atoms with Crippen LogP contribution in [0.4, 0.5) is 0 Å². The summed E-state index contributed by atoms with van der Waals surface area (Å²) >= 11 is 0. The smallest absolute Gasteiger partial charge is 0.323 e. The number of nitrogens with zero attached hydrogens (tertiary/aromatic N) is 1. The zero-order valence-electron chi connectivity index (χ0n) is 6.80.